The average molecular weight is 232 g/mol. The fourth-order valence-corrected chi connectivity index (χ4v) is 1.37. The number of benzene rings is 1. The van der Waals surface area contributed by atoms with Crippen molar-refractivity contribution in [2.24, 2.45) is 0 Å². The van der Waals surface area contributed by atoms with Gasteiger partial charge in [-0.1, -0.05) is 12.1 Å². The summed E-state index contributed by atoms with van der Waals surface area (Å²) in [6.07, 6.45) is -1.45. The fourth-order valence-electron chi connectivity index (χ4n) is 1.37. The SMILES string of the molecule is N#Cc1ccc(C(=N)CC(O)CC(=O)O)cc1. The van der Waals surface area contributed by atoms with Gasteiger partial charge in [-0.25, -0.2) is 0 Å². The number of aliphatic hydroxyl groups excluding tert-OH is 1. The van der Waals surface area contributed by atoms with Crippen LogP contribution in [-0.4, -0.2) is 28.0 Å². The van der Waals surface area contributed by atoms with Gasteiger partial charge in [-0.15, -0.1) is 0 Å². The van der Waals surface area contributed by atoms with E-state index in [1.165, 1.54) is 0 Å². The van der Waals surface area contributed by atoms with Crippen LogP contribution in [0.25, 0.3) is 0 Å². The van der Waals surface area contributed by atoms with Crippen LogP contribution < -0.4 is 0 Å². The summed E-state index contributed by atoms with van der Waals surface area (Å²) in [6.45, 7) is 0. The number of nitrogens with one attached hydrogen (secondary N) is 1. The zero-order chi connectivity index (χ0) is 12.8. The number of carboxylic acid groups (broad SMARTS) is 1. The maximum absolute atomic E-state index is 10.3. The lowest BCUT2D eigenvalue weighted by molar-refractivity contribution is -0.139. The summed E-state index contributed by atoms with van der Waals surface area (Å²) in [5, 5.41) is 34.1. The Kier molecular flexibility index (Phi) is 4.37. The Morgan fingerprint density at radius 2 is 1.94 bits per heavy atom. The van der Waals surface area contributed by atoms with Crippen LogP contribution in [0.1, 0.15) is 24.0 Å². The van der Waals surface area contributed by atoms with Crippen LogP contribution in [0.15, 0.2) is 24.3 Å². The van der Waals surface area contributed by atoms with E-state index in [-0.39, 0.29) is 18.6 Å². The predicted octanol–water partition coefficient (Wildman–Crippen LogP) is 1.15. The van der Waals surface area contributed by atoms with Crippen molar-refractivity contribution in [1.29, 1.82) is 10.7 Å². The molecule has 0 radical (unpaired) electrons. The highest BCUT2D eigenvalue weighted by Gasteiger charge is 2.13. The molecular formula is C12H12N2O3. The smallest absolute Gasteiger partial charge is 0.305 e. The second-order valence-corrected chi connectivity index (χ2v) is 3.62. The molecule has 0 aliphatic rings. The molecule has 1 unspecified atom stereocenters. The van der Waals surface area contributed by atoms with Crippen molar-refractivity contribution in [1.82, 2.24) is 0 Å². The van der Waals surface area contributed by atoms with E-state index in [1.54, 1.807) is 24.3 Å². The van der Waals surface area contributed by atoms with E-state index in [9.17, 15) is 9.90 Å². The molecule has 0 aliphatic carbocycles. The van der Waals surface area contributed by atoms with Crippen LogP contribution in [0.2, 0.25) is 0 Å². The number of aliphatic carboxylic acids is 1. The highest BCUT2D eigenvalue weighted by molar-refractivity contribution is 5.98. The molecule has 0 spiro atoms. The predicted molar refractivity (Wildman–Crippen MR) is 60.9 cm³/mol. The lowest BCUT2D eigenvalue weighted by Crippen LogP contribution is -2.17. The van der Waals surface area contributed by atoms with Crippen LogP contribution in [-0.2, 0) is 4.79 Å². The molecule has 1 atom stereocenters. The zero-order valence-corrected chi connectivity index (χ0v) is 9.05. The second-order valence-electron chi connectivity index (χ2n) is 3.62. The first-order valence-corrected chi connectivity index (χ1v) is 5.00. The van der Waals surface area contributed by atoms with E-state index in [4.69, 9.17) is 15.8 Å². The van der Waals surface area contributed by atoms with Gasteiger partial charge in [0.2, 0.25) is 0 Å². The molecule has 1 aromatic rings. The monoisotopic (exact) mass is 232 g/mol. The Labute approximate surface area is 98.4 Å². The molecule has 3 N–H and O–H groups in total. The van der Waals surface area contributed by atoms with E-state index in [0.29, 0.717) is 11.1 Å². The van der Waals surface area contributed by atoms with E-state index in [1.807, 2.05) is 6.07 Å². The molecule has 17 heavy (non-hydrogen) atoms. The minimum absolute atomic E-state index is 0.0157. The number of nitrogens with zero attached hydrogens (tertiary/aromatic N) is 1. The first-order chi connectivity index (χ1) is 8.02. The van der Waals surface area contributed by atoms with Gasteiger partial charge in [0, 0.05) is 12.1 Å². The molecule has 0 saturated heterocycles. The molecule has 88 valence electrons. The van der Waals surface area contributed by atoms with Gasteiger partial charge in [-0.05, 0) is 17.7 Å². The molecule has 5 heteroatoms. The van der Waals surface area contributed by atoms with Crippen molar-refractivity contribution in [3.63, 3.8) is 0 Å². The van der Waals surface area contributed by atoms with Crippen LogP contribution in [0.4, 0.5) is 0 Å². The van der Waals surface area contributed by atoms with Crippen molar-refractivity contribution in [3.8, 4) is 6.07 Å². The molecule has 0 heterocycles. The maximum atomic E-state index is 10.3. The quantitative estimate of drug-likeness (QED) is 0.662. The minimum Gasteiger partial charge on any atom is -0.481 e. The van der Waals surface area contributed by atoms with Gasteiger partial charge in [0.15, 0.2) is 0 Å². The number of rotatable bonds is 5. The number of carboxylic acids is 1. The number of nitriles is 1. The maximum Gasteiger partial charge on any atom is 0.305 e. The fraction of sp³-hybridized carbons (Fsp3) is 0.250. The van der Waals surface area contributed by atoms with Crippen molar-refractivity contribution in [3.05, 3.63) is 35.4 Å². The first-order valence-electron chi connectivity index (χ1n) is 5.00. The lowest BCUT2D eigenvalue weighted by atomic mass is 10.0. The molecule has 0 aromatic heterocycles. The molecule has 1 rings (SSSR count). The first kappa shape index (κ1) is 12.9. The van der Waals surface area contributed by atoms with Crippen LogP contribution >= 0.6 is 0 Å². The number of aliphatic hydroxyl groups is 1. The summed E-state index contributed by atoms with van der Waals surface area (Å²) in [5.41, 5.74) is 1.23. The molecule has 0 bridgehead atoms. The second kappa shape index (κ2) is 5.77. The van der Waals surface area contributed by atoms with E-state index in [2.05, 4.69) is 0 Å². The number of hydrogen-bond donors (Lipinski definition) is 3. The lowest BCUT2D eigenvalue weighted by Gasteiger charge is -2.09. The number of carbonyl (C=O) groups is 1. The Bertz CT molecular complexity index is 460. The van der Waals surface area contributed by atoms with Crippen LogP contribution in [0.3, 0.4) is 0 Å². The summed E-state index contributed by atoms with van der Waals surface area (Å²) >= 11 is 0. The van der Waals surface area contributed by atoms with E-state index >= 15 is 0 Å². The number of hydrogen-bond acceptors (Lipinski definition) is 4. The molecule has 5 nitrogen and oxygen atoms in total. The highest BCUT2D eigenvalue weighted by Crippen LogP contribution is 2.09. The van der Waals surface area contributed by atoms with Crippen molar-refractivity contribution in [2.45, 2.75) is 18.9 Å². The molecular weight excluding hydrogens is 220 g/mol. The normalized spacial score (nSPS) is 11.5. The van der Waals surface area contributed by atoms with Gasteiger partial charge in [-0.2, -0.15) is 5.26 Å². The van der Waals surface area contributed by atoms with Gasteiger partial charge in [-0.3, -0.25) is 4.79 Å². The average Bonchev–Trinajstić information content (AvgIpc) is 2.28. The third-order valence-corrected chi connectivity index (χ3v) is 2.21. The zero-order valence-electron chi connectivity index (χ0n) is 9.05. The third-order valence-electron chi connectivity index (χ3n) is 2.21. The minimum atomic E-state index is -1.09. The van der Waals surface area contributed by atoms with Crippen molar-refractivity contribution >= 4 is 11.7 Å². The van der Waals surface area contributed by atoms with Crippen molar-refractivity contribution < 1.29 is 15.0 Å². The van der Waals surface area contributed by atoms with Gasteiger partial charge >= 0.3 is 5.97 Å². The molecule has 0 amide bonds. The largest absolute Gasteiger partial charge is 0.481 e. The molecule has 1 aromatic carbocycles. The summed E-state index contributed by atoms with van der Waals surface area (Å²) < 4.78 is 0. The molecule has 0 fully saturated rings. The molecule has 0 aliphatic heterocycles. The Morgan fingerprint density at radius 3 is 2.41 bits per heavy atom. The van der Waals surface area contributed by atoms with Gasteiger partial charge in [0.05, 0.1) is 24.2 Å². The van der Waals surface area contributed by atoms with Gasteiger partial charge in [0.1, 0.15) is 0 Å². The summed E-state index contributed by atoms with van der Waals surface area (Å²) in [5.74, 6) is -1.09. The Morgan fingerprint density at radius 1 is 1.35 bits per heavy atom. The molecule has 0 saturated carbocycles. The van der Waals surface area contributed by atoms with E-state index in [0.717, 1.165) is 0 Å². The topological polar surface area (TPSA) is 105 Å². The van der Waals surface area contributed by atoms with E-state index < -0.39 is 12.1 Å². The third kappa shape index (κ3) is 4.05. The Hall–Kier alpha value is -2.19. The summed E-state index contributed by atoms with van der Waals surface area (Å²) in [7, 11) is 0. The van der Waals surface area contributed by atoms with Crippen LogP contribution in [0.5, 0.6) is 0 Å². The summed E-state index contributed by atoms with van der Waals surface area (Å²) in [6, 6.07) is 8.33. The highest BCUT2D eigenvalue weighted by atomic mass is 16.4. The summed E-state index contributed by atoms with van der Waals surface area (Å²) in [4.78, 5) is 10.3. The van der Waals surface area contributed by atoms with Gasteiger partial charge < -0.3 is 15.6 Å². The standard InChI is InChI=1S/C12H12N2O3/c13-7-8-1-3-9(4-2-8)11(14)5-10(15)6-12(16)17/h1-4,10,14-15H,5-6H2,(H,16,17). The van der Waals surface area contributed by atoms with Crippen LogP contribution in [0, 0.1) is 16.7 Å². The van der Waals surface area contributed by atoms with Gasteiger partial charge in [0.25, 0.3) is 0 Å². The Balaban J connectivity index is 2.64. The van der Waals surface area contributed by atoms with Crippen molar-refractivity contribution in [2.75, 3.05) is 0 Å².